The highest BCUT2D eigenvalue weighted by Gasteiger charge is 2.45. The van der Waals surface area contributed by atoms with Crippen LogP contribution in [-0.2, 0) is 14.3 Å². The Hall–Kier alpha value is -0.830. The zero-order valence-electron chi connectivity index (χ0n) is 7.36. The van der Waals surface area contributed by atoms with E-state index < -0.39 is 0 Å². The fraction of sp³-hybridized carbons (Fsp3) is 0.700. The van der Waals surface area contributed by atoms with Crippen molar-refractivity contribution in [3.8, 4) is 0 Å². The minimum atomic E-state index is -0.184. The molecule has 3 aliphatic rings. The molecule has 0 unspecified atom stereocenters. The minimum Gasteiger partial charge on any atom is -0.452 e. The van der Waals surface area contributed by atoms with Gasteiger partial charge in [-0.3, -0.25) is 0 Å². The maximum absolute atomic E-state index is 11.0. The predicted molar refractivity (Wildman–Crippen MR) is 45.0 cm³/mol. The van der Waals surface area contributed by atoms with E-state index in [-0.39, 0.29) is 18.2 Å². The van der Waals surface area contributed by atoms with Gasteiger partial charge in [0.1, 0.15) is 6.10 Å². The molecule has 0 N–H and O–H groups in total. The highest BCUT2D eigenvalue weighted by atomic mass is 16.6. The smallest absolute Gasteiger partial charge is 0.331 e. The first-order valence-corrected chi connectivity index (χ1v) is 4.87. The molecule has 0 aromatic heterocycles. The van der Waals surface area contributed by atoms with Crippen LogP contribution in [0.3, 0.4) is 0 Å². The van der Waals surface area contributed by atoms with E-state index in [4.69, 9.17) is 9.47 Å². The van der Waals surface area contributed by atoms with E-state index in [1.165, 1.54) is 12.8 Å². The first-order chi connectivity index (χ1) is 6.34. The Labute approximate surface area is 76.7 Å². The van der Waals surface area contributed by atoms with Gasteiger partial charge >= 0.3 is 5.97 Å². The van der Waals surface area contributed by atoms with Crippen molar-refractivity contribution in [2.24, 2.45) is 5.92 Å². The largest absolute Gasteiger partial charge is 0.452 e. The number of esters is 1. The van der Waals surface area contributed by atoms with Gasteiger partial charge in [-0.15, -0.1) is 0 Å². The summed E-state index contributed by atoms with van der Waals surface area (Å²) in [6, 6.07) is 0. The van der Waals surface area contributed by atoms with Crippen molar-refractivity contribution in [2.45, 2.75) is 31.5 Å². The molecule has 0 bridgehead atoms. The number of hydrogen-bond donors (Lipinski definition) is 0. The average Bonchev–Trinajstić information content (AvgIpc) is 2.86. The molecule has 0 radical (unpaired) electrons. The zero-order chi connectivity index (χ0) is 8.84. The molecule has 2 heterocycles. The van der Waals surface area contributed by atoms with Crippen molar-refractivity contribution in [3.63, 3.8) is 0 Å². The third kappa shape index (κ3) is 1.18. The molecule has 0 aromatic rings. The van der Waals surface area contributed by atoms with Gasteiger partial charge in [-0.25, -0.2) is 4.79 Å². The second kappa shape index (κ2) is 2.58. The van der Waals surface area contributed by atoms with Gasteiger partial charge in [-0.2, -0.15) is 0 Å². The number of hydrogen-bond acceptors (Lipinski definition) is 3. The average molecular weight is 180 g/mol. The van der Waals surface area contributed by atoms with Crippen LogP contribution in [0.5, 0.6) is 0 Å². The number of fused-ring (bicyclic) bond motifs is 1. The zero-order valence-corrected chi connectivity index (χ0v) is 7.36. The van der Waals surface area contributed by atoms with E-state index in [1.54, 1.807) is 6.08 Å². The monoisotopic (exact) mass is 180 g/mol. The van der Waals surface area contributed by atoms with Crippen LogP contribution in [0, 0.1) is 5.92 Å². The number of carbonyl (C=O) groups excluding carboxylic acids is 1. The molecule has 2 fully saturated rings. The van der Waals surface area contributed by atoms with Gasteiger partial charge < -0.3 is 9.47 Å². The quantitative estimate of drug-likeness (QED) is 0.565. The topological polar surface area (TPSA) is 35.5 Å². The van der Waals surface area contributed by atoms with Crippen LogP contribution < -0.4 is 0 Å². The highest BCUT2D eigenvalue weighted by molar-refractivity contribution is 5.86. The van der Waals surface area contributed by atoms with Gasteiger partial charge in [0.25, 0.3) is 0 Å². The number of ether oxygens (including phenoxy) is 2. The van der Waals surface area contributed by atoms with Crippen molar-refractivity contribution in [2.75, 3.05) is 6.61 Å². The molecule has 70 valence electrons. The van der Waals surface area contributed by atoms with Crippen LogP contribution in [0.2, 0.25) is 0 Å². The van der Waals surface area contributed by atoms with Crippen LogP contribution in [0.15, 0.2) is 11.6 Å². The van der Waals surface area contributed by atoms with Gasteiger partial charge in [0.2, 0.25) is 0 Å². The molecule has 3 rings (SSSR count). The summed E-state index contributed by atoms with van der Waals surface area (Å²) in [6.07, 6.45) is 5.07. The van der Waals surface area contributed by atoms with Crippen LogP contribution in [-0.4, -0.2) is 24.8 Å². The van der Waals surface area contributed by atoms with Crippen molar-refractivity contribution in [1.29, 1.82) is 0 Å². The maximum atomic E-state index is 11.0. The Balaban J connectivity index is 1.84. The molecule has 2 atom stereocenters. The Morgan fingerprint density at radius 2 is 2.23 bits per heavy atom. The molecular weight excluding hydrogens is 168 g/mol. The van der Waals surface area contributed by atoms with Crippen molar-refractivity contribution in [3.05, 3.63) is 11.6 Å². The third-order valence-corrected chi connectivity index (χ3v) is 3.00. The lowest BCUT2D eigenvalue weighted by Crippen LogP contribution is -2.37. The van der Waals surface area contributed by atoms with E-state index in [0.29, 0.717) is 5.92 Å². The molecule has 1 aliphatic carbocycles. The first kappa shape index (κ1) is 7.56. The molecule has 3 nitrogen and oxygen atoms in total. The van der Waals surface area contributed by atoms with E-state index in [2.05, 4.69) is 0 Å². The summed E-state index contributed by atoms with van der Waals surface area (Å²) in [5, 5.41) is 0. The van der Waals surface area contributed by atoms with Gasteiger partial charge in [0.05, 0.1) is 6.61 Å². The highest BCUT2D eigenvalue weighted by Crippen LogP contribution is 2.41. The Bertz CT molecular complexity index is 278. The second-order valence-corrected chi connectivity index (χ2v) is 4.00. The molecule has 1 saturated carbocycles. The van der Waals surface area contributed by atoms with E-state index in [1.807, 2.05) is 0 Å². The van der Waals surface area contributed by atoms with Crippen molar-refractivity contribution >= 4 is 5.97 Å². The van der Waals surface area contributed by atoms with Crippen LogP contribution in [0.25, 0.3) is 0 Å². The molecule has 0 amide bonds. The Morgan fingerprint density at radius 3 is 3.00 bits per heavy atom. The molecule has 1 saturated heterocycles. The lowest BCUT2D eigenvalue weighted by molar-refractivity contribution is -0.148. The minimum absolute atomic E-state index is 0.0475. The molecular formula is C10H12O3. The third-order valence-electron chi connectivity index (χ3n) is 3.00. The predicted octanol–water partition coefficient (Wildman–Crippen LogP) is 1.04. The Kier molecular flexibility index (Phi) is 1.50. The SMILES string of the molecule is O=C1C=C2CCO[C@H](C3CC3)[C@H]2O1. The van der Waals surface area contributed by atoms with Crippen molar-refractivity contribution < 1.29 is 14.3 Å². The maximum Gasteiger partial charge on any atom is 0.331 e. The summed E-state index contributed by atoms with van der Waals surface area (Å²) >= 11 is 0. The van der Waals surface area contributed by atoms with Crippen molar-refractivity contribution in [1.82, 2.24) is 0 Å². The summed E-state index contributed by atoms with van der Waals surface area (Å²) in [7, 11) is 0. The lowest BCUT2D eigenvalue weighted by atomic mass is 9.97. The standard InChI is InChI=1S/C10H12O3/c11-8-5-7-3-4-12-9(6-1-2-6)10(7)13-8/h5-6,9-10H,1-4H2/t9-,10+/m1/s1. The summed E-state index contributed by atoms with van der Waals surface area (Å²) in [5.41, 5.74) is 1.15. The van der Waals surface area contributed by atoms with Gasteiger partial charge in [-0.05, 0) is 30.8 Å². The van der Waals surface area contributed by atoms with Crippen LogP contribution in [0.4, 0.5) is 0 Å². The molecule has 0 aromatic carbocycles. The molecule has 0 spiro atoms. The van der Waals surface area contributed by atoms with Gasteiger partial charge in [0, 0.05) is 6.08 Å². The summed E-state index contributed by atoms with van der Waals surface area (Å²) < 4.78 is 10.9. The summed E-state index contributed by atoms with van der Waals surface area (Å²) in [5.74, 6) is 0.454. The first-order valence-electron chi connectivity index (χ1n) is 4.87. The number of rotatable bonds is 1. The van der Waals surface area contributed by atoms with E-state index in [0.717, 1.165) is 18.6 Å². The number of carbonyl (C=O) groups is 1. The molecule has 13 heavy (non-hydrogen) atoms. The van der Waals surface area contributed by atoms with Gasteiger partial charge in [0.15, 0.2) is 6.10 Å². The van der Waals surface area contributed by atoms with E-state index in [9.17, 15) is 4.79 Å². The van der Waals surface area contributed by atoms with E-state index >= 15 is 0 Å². The Morgan fingerprint density at radius 1 is 1.38 bits per heavy atom. The summed E-state index contributed by atoms with van der Waals surface area (Å²) in [4.78, 5) is 11.0. The second-order valence-electron chi connectivity index (χ2n) is 4.00. The summed E-state index contributed by atoms with van der Waals surface area (Å²) in [6.45, 7) is 0.750. The lowest BCUT2D eigenvalue weighted by Gasteiger charge is -2.29. The van der Waals surface area contributed by atoms with Crippen LogP contribution >= 0.6 is 0 Å². The van der Waals surface area contributed by atoms with Gasteiger partial charge in [-0.1, -0.05) is 0 Å². The normalized spacial score (nSPS) is 38.2. The fourth-order valence-electron chi connectivity index (χ4n) is 2.17. The molecule has 3 heteroatoms. The van der Waals surface area contributed by atoms with Crippen LogP contribution in [0.1, 0.15) is 19.3 Å². The fourth-order valence-corrected chi connectivity index (χ4v) is 2.17. The molecule has 2 aliphatic heterocycles.